The maximum Gasteiger partial charge on any atom is 0.230 e. The number of aryl methyl sites for hydroxylation is 1. The van der Waals surface area contributed by atoms with Crippen molar-refractivity contribution in [3.05, 3.63) is 52.2 Å². The fraction of sp³-hybridized carbons (Fsp3) is 0.167. The number of rotatable bonds is 5. The minimum Gasteiger partial charge on any atom is -0.326 e. The van der Waals surface area contributed by atoms with E-state index in [2.05, 4.69) is 28.6 Å². The number of anilines is 2. The quantitative estimate of drug-likeness (QED) is 0.702. The number of nitrogens with one attached hydrogen (secondary N) is 2. The third-order valence-electron chi connectivity index (χ3n) is 3.38. The molecular weight excluding hydrogens is 354 g/mol. The fourth-order valence-corrected chi connectivity index (χ4v) is 3.90. The number of hydrogen-bond donors (Lipinski definition) is 2. The molecule has 0 radical (unpaired) electrons. The number of thiophene rings is 1. The second kappa shape index (κ2) is 7.58. The molecule has 0 bridgehead atoms. The van der Waals surface area contributed by atoms with E-state index in [1.165, 1.54) is 23.1 Å². The number of amides is 2. The molecule has 0 aliphatic carbocycles. The first kappa shape index (κ1) is 17.3. The topological polar surface area (TPSA) is 71.1 Å². The zero-order valence-electron chi connectivity index (χ0n) is 13.8. The Balaban J connectivity index is 1.59. The van der Waals surface area contributed by atoms with E-state index in [4.69, 9.17) is 0 Å². The molecule has 25 heavy (non-hydrogen) atoms. The number of benzene rings is 1. The summed E-state index contributed by atoms with van der Waals surface area (Å²) in [6, 6.07) is 11.3. The van der Waals surface area contributed by atoms with Gasteiger partial charge in [0.1, 0.15) is 0 Å². The van der Waals surface area contributed by atoms with E-state index in [0.29, 0.717) is 10.8 Å². The predicted molar refractivity (Wildman–Crippen MR) is 103 cm³/mol. The molecule has 0 atom stereocenters. The second-order valence-electron chi connectivity index (χ2n) is 5.55. The zero-order valence-corrected chi connectivity index (χ0v) is 15.5. The van der Waals surface area contributed by atoms with Crippen LogP contribution < -0.4 is 10.6 Å². The first-order valence-electron chi connectivity index (χ1n) is 7.68. The van der Waals surface area contributed by atoms with Gasteiger partial charge >= 0.3 is 0 Å². The SMILES string of the molecule is CC(=O)Nc1ccc(CC(=O)Nc2nc(-c3ccc(C)s3)cs2)cc1. The predicted octanol–water partition coefficient (Wildman–Crippen LogP) is 4.32. The van der Waals surface area contributed by atoms with Gasteiger partial charge in [-0.3, -0.25) is 9.59 Å². The van der Waals surface area contributed by atoms with Crippen LogP contribution in [0, 0.1) is 6.92 Å². The highest BCUT2D eigenvalue weighted by molar-refractivity contribution is 7.17. The fourth-order valence-electron chi connectivity index (χ4n) is 2.27. The third-order valence-corrected chi connectivity index (χ3v) is 5.16. The van der Waals surface area contributed by atoms with E-state index in [-0.39, 0.29) is 18.2 Å². The van der Waals surface area contributed by atoms with Crippen molar-refractivity contribution in [2.45, 2.75) is 20.3 Å². The van der Waals surface area contributed by atoms with Gasteiger partial charge in [-0.1, -0.05) is 12.1 Å². The van der Waals surface area contributed by atoms with Crippen LogP contribution in [0.4, 0.5) is 10.8 Å². The number of carbonyl (C=O) groups excluding carboxylic acids is 2. The summed E-state index contributed by atoms with van der Waals surface area (Å²) >= 11 is 3.10. The molecule has 0 aliphatic rings. The summed E-state index contributed by atoms with van der Waals surface area (Å²) in [7, 11) is 0. The summed E-state index contributed by atoms with van der Waals surface area (Å²) in [5.74, 6) is -0.235. The molecule has 5 nitrogen and oxygen atoms in total. The van der Waals surface area contributed by atoms with E-state index in [0.717, 1.165) is 16.1 Å². The van der Waals surface area contributed by atoms with Crippen molar-refractivity contribution in [3.63, 3.8) is 0 Å². The van der Waals surface area contributed by atoms with Crippen LogP contribution in [0.15, 0.2) is 41.8 Å². The van der Waals surface area contributed by atoms with E-state index in [9.17, 15) is 9.59 Å². The Morgan fingerprint density at radius 2 is 1.84 bits per heavy atom. The molecule has 0 fully saturated rings. The highest BCUT2D eigenvalue weighted by atomic mass is 32.1. The number of thiazole rings is 1. The van der Waals surface area contributed by atoms with Gasteiger partial charge in [-0.25, -0.2) is 4.98 Å². The first-order valence-corrected chi connectivity index (χ1v) is 9.38. The molecule has 2 heterocycles. The molecule has 0 saturated heterocycles. The number of hydrogen-bond acceptors (Lipinski definition) is 5. The molecule has 2 amide bonds. The monoisotopic (exact) mass is 371 g/mol. The van der Waals surface area contributed by atoms with Crippen molar-refractivity contribution in [1.82, 2.24) is 4.98 Å². The Labute approximate surface area is 153 Å². The van der Waals surface area contributed by atoms with Gasteiger partial charge in [0.2, 0.25) is 11.8 Å². The molecule has 3 rings (SSSR count). The van der Waals surface area contributed by atoms with Crippen molar-refractivity contribution >= 4 is 45.3 Å². The Bertz CT molecular complexity index is 897. The smallest absolute Gasteiger partial charge is 0.230 e. The van der Waals surface area contributed by atoms with Crippen LogP contribution in [-0.4, -0.2) is 16.8 Å². The molecule has 2 N–H and O–H groups in total. The minimum atomic E-state index is -0.119. The molecule has 2 aromatic heterocycles. The van der Waals surface area contributed by atoms with Gasteiger partial charge in [-0.2, -0.15) is 0 Å². The van der Waals surface area contributed by atoms with Crippen LogP contribution in [0.2, 0.25) is 0 Å². The zero-order chi connectivity index (χ0) is 17.8. The highest BCUT2D eigenvalue weighted by Gasteiger charge is 2.10. The van der Waals surface area contributed by atoms with E-state index in [1.54, 1.807) is 23.5 Å². The average molecular weight is 371 g/mol. The van der Waals surface area contributed by atoms with Crippen molar-refractivity contribution in [3.8, 4) is 10.6 Å². The van der Waals surface area contributed by atoms with Gasteiger partial charge in [-0.15, -0.1) is 22.7 Å². The molecular formula is C18H17N3O2S2. The standard InChI is InChI=1S/C18H17N3O2S2/c1-11-3-8-16(25-11)15-10-24-18(20-15)21-17(23)9-13-4-6-14(7-5-13)19-12(2)22/h3-8,10H,9H2,1-2H3,(H,19,22)(H,20,21,23). The van der Waals surface area contributed by atoms with Gasteiger partial charge in [-0.05, 0) is 36.8 Å². The second-order valence-corrected chi connectivity index (χ2v) is 7.70. The Morgan fingerprint density at radius 3 is 2.48 bits per heavy atom. The van der Waals surface area contributed by atoms with Gasteiger partial charge in [0.05, 0.1) is 17.0 Å². The Morgan fingerprint density at radius 1 is 1.08 bits per heavy atom. The van der Waals surface area contributed by atoms with Crippen molar-refractivity contribution in [1.29, 1.82) is 0 Å². The molecule has 3 aromatic rings. The molecule has 1 aromatic carbocycles. The van der Waals surface area contributed by atoms with Crippen LogP contribution >= 0.6 is 22.7 Å². The molecule has 128 valence electrons. The van der Waals surface area contributed by atoms with Crippen LogP contribution in [0.5, 0.6) is 0 Å². The summed E-state index contributed by atoms with van der Waals surface area (Å²) in [5, 5.41) is 8.08. The van der Waals surface area contributed by atoms with Gasteiger partial charge in [0.25, 0.3) is 0 Å². The molecule has 0 unspecified atom stereocenters. The third kappa shape index (κ3) is 4.74. The summed E-state index contributed by atoms with van der Waals surface area (Å²) in [6.07, 6.45) is 0.257. The van der Waals surface area contributed by atoms with Crippen LogP contribution in [-0.2, 0) is 16.0 Å². The minimum absolute atomic E-state index is 0.115. The van der Waals surface area contributed by atoms with Crippen molar-refractivity contribution in [2.75, 3.05) is 10.6 Å². The number of carbonyl (C=O) groups is 2. The lowest BCUT2D eigenvalue weighted by Gasteiger charge is -2.05. The van der Waals surface area contributed by atoms with E-state index in [1.807, 2.05) is 23.6 Å². The van der Waals surface area contributed by atoms with Crippen LogP contribution in [0.3, 0.4) is 0 Å². The normalized spacial score (nSPS) is 10.5. The van der Waals surface area contributed by atoms with E-state index >= 15 is 0 Å². The molecule has 7 heteroatoms. The number of nitrogens with zero attached hydrogens (tertiary/aromatic N) is 1. The van der Waals surface area contributed by atoms with Gasteiger partial charge in [0.15, 0.2) is 5.13 Å². The Kier molecular flexibility index (Phi) is 5.25. The largest absolute Gasteiger partial charge is 0.326 e. The molecule has 0 aliphatic heterocycles. The first-order chi connectivity index (χ1) is 12.0. The lowest BCUT2D eigenvalue weighted by molar-refractivity contribution is -0.116. The summed E-state index contributed by atoms with van der Waals surface area (Å²) < 4.78 is 0. The van der Waals surface area contributed by atoms with E-state index < -0.39 is 0 Å². The lowest BCUT2D eigenvalue weighted by atomic mass is 10.1. The highest BCUT2D eigenvalue weighted by Crippen LogP contribution is 2.30. The molecule has 0 saturated carbocycles. The Hall–Kier alpha value is -2.51. The average Bonchev–Trinajstić information content (AvgIpc) is 3.17. The van der Waals surface area contributed by atoms with Crippen LogP contribution in [0.1, 0.15) is 17.4 Å². The maximum atomic E-state index is 12.2. The van der Waals surface area contributed by atoms with Crippen LogP contribution in [0.25, 0.3) is 10.6 Å². The number of aromatic nitrogens is 1. The summed E-state index contributed by atoms with van der Waals surface area (Å²) in [5.41, 5.74) is 2.47. The van der Waals surface area contributed by atoms with Crippen molar-refractivity contribution in [2.24, 2.45) is 0 Å². The van der Waals surface area contributed by atoms with Crippen molar-refractivity contribution < 1.29 is 9.59 Å². The lowest BCUT2D eigenvalue weighted by Crippen LogP contribution is -2.14. The summed E-state index contributed by atoms with van der Waals surface area (Å²) in [4.78, 5) is 30.0. The molecule has 0 spiro atoms. The van der Waals surface area contributed by atoms with Gasteiger partial charge in [0, 0.05) is 22.9 Å². The van der Waals surface area contributed by atoms with Gasteiger partial charge < -0.3 is 10.6 Å². The maximum absolute atomic E-state index is 12.2. The summed E-state index contributed by atoms with van der Waals surface area (Å²) in [6.45, 7) is 3.52.